The monoisotopic (exact) mass is 276 g/mol. The fraction of sp³-hybridized carbons (Fsp3) is 0.778. The van der Waals surface area contributed by atoms with Gasteiger partial charge in [0.1, 0.15) is 0 Å². The van der Waals surface area contributed by atoms with Gasteiger partial charge in [0.15, 0.2) is 0 Å². The summed E-state index contributed by atoms with van der Waals surface area (Å²) in [5.74, 6) is 0.615. The first kappa shape index (κ1) is 17.1. The van der Waals surface area contributed by atoms with Crippen LogP contribution in [0.1, 0.15) is 95.2 Å². The summed E-state index contributed by atoms with van der Waals surface area (Å²) >= 11 is 0. The lowest BCUT2D eigenvalue weighted by Crippen LogP contribution is -2.05. The van der Waals surface area contributed by atoms with E-state index in [4.69, 9.17) is 0 Å². The molecule has 0 fully saturated rings. The van der Waals surface area contributed by atoms with Crippen molar-refractivity contribution in [3.05, 3.63) is 23.5 Å². The van der Waals surface area contributed by atoms with Gasteiger partial charge in [-0.05, 0) is 31.4 Å². The van der Waals surface area contributed by atoms with Gasteiger partial charge in [0.05, 0.1) is 5.69 Å². The van der Waals surface area contributed by atoms with E-state index < -0.39 is 0 Å². The summed E-state index contributed by atoms with van der Waals surface area (Å²) in [5.41, 5.74) is 2.54. The fourth-order valence-corrected chi connectivity index (χ4v) is 2.92. The number of hydrogen-bond acceptors (Lipinski definition) is 2. The third-order valence-electron chi connectivity index (χ3n) is 4.14. The molecule has 0 aromatic carbocycles. The predicted molar refractivity (Wildman–Crippen MR) is 87.0 cm³/mol. The number of aromatic nitrogens is 2. The van der Waals surface area contributed by atoms with Crippen molar-refractivity contribution in [1.29, 1.82) is 0 Å². The molecular formula is C18H32N2. The highest BCUT2D eigenvalue weighted by molar-refractivity contribution is 5.19. The van der Waals surface area contributed by atoms with Gasteiger partial charge in [0, 0.05) is 12.1 Å². The Labute approximate surface area is 125 Å². The van der Waals surface area contributed by atoms with Crippen LogP contribution in [0.5, 0.6) is 0 Å². The van der Waals surface area contributed by atoms with Gasteiger partial charge in [0.25, 0.3) is 0 Å². The maximum Gasteiger partial charge on any atom is 0.0691 e. The van der Waals surface area contributed by atoms with Gasteiger partial charge in [0.2, 0.25) is 0 Å². The summed E-state index contributed by atoms with van der Waals surface area (Å²) in [6.45, 7) is 6.71. The second-order valence-corrected chi connectivity index (χ2v) is 6.00. The zero-order chi connectivity index (χ0) is 14.6. The number of hydrogen-bond donors (Lipinski definition) is 0. The summed E-state index contributed by atoms with van der Waals surface area (Å²) in [5, 5.41) is 8.46. The zero-order valence-corrected chi connectivity index (χ0v) is 13.7. The smallest absolute Gasteiger partial charge is 0.0691 e. The van der Waals surface area contributed by atoms with Crippen molar-refractivity contribution in [3.8, 4) is 0 Å². The molecule has 0 bridgehead atoms. The molecule has 0 aliphatic carbocycles. The minimum atomic E-state index is 0.615. The highest BCUT2D eigenvalue weighted by Crippen LogP contribution is 2.27. The molecule has 0 saturated carbocycles. The van der Waals surface area contributed by atoms with Crippen molar-refractivity contribution in [2.24, 2.45) is 0 Å². The first-order valence-corrected chi connectivity index (χ1v) is 8.57. The van der Waals surface area contributed by atoms with Crippen LogP contribution in [0.3, 0.4) is 0 Å². The van der Waals surface area contributed by atoms with Gasteiger partial charge < -0.3 is 0 Å². The Morgan fingerprint density at radius 2 is 1.60 bits per heavy atom. The molecule has 0 amide bonds. The molecule has 1 heterocycles. The van der Waals surface area contributed by atoms with Crippen LogP contribution in [0.25, 0.3) is 0 Å². The van der Waals surface area contributed by atoms with Crippen molar-refractivity contribution in [2.45, 2.75) is 90.9 Å². The van der Waals surface area contributed by atoms with Crippen LogP contribution >= 0.6 is 0 Å². The fourth-order valence-electron chi connectivity index (χ4n) is 2.92. The minimum absolute atomic E-state index is 0.615. The molecule has 2 nitrogen and oxygen atoms in total. The topological polar surface area (TPSA) is 25.8 Å². The molecule has 0 radical (unpaired) electrons. The molecule has 114 valence electrons. The molecule has 1 atom stereocenters. The van der Waals surface area contributed by atoms with Gasteiger partial charge in [-0.2, -0.15) is 10.2 Å². The van der Waals surface area contributed by atoms with E-state index >= 15 is 0 Å². The first-order valence-electron chi connectivity index (χ1n) is 8.57. The maximum absolute atomic E-state index is 4.39. The van der Waals surface area contributed by atoms with E-state index in [-0.39, 0.29) is 0 Å². The Bertz CT molecular complexity index is 349. The molecule has 1 unspecified atom stereocenters. The van der Waals surface area contributed by atoms with Gasteiger partial charge in [-0.25, -0.2) is 0 Å². The van der Waals surface area contributed by atoms with E-state index in [0.717, 1.165) is 0 Å². The highest BCUT2D eigenvalue weighted by Gasteiger charge is 2.14. The predicted octanol–water partition coefficient (Wildman–Crippen LogP) is 5.81. The molecular weight excluding hydrogens is 244 g/mol. The Hall–Kier alpha value is -0.920. The Morgan fingerprint density at radius 3 is 2.25 bits per heavy atom. The number of nitrogens with zero attached hydrogens (tertiary/aromatic N) is 2. The SMILES string of the molecule is CCCCCCCCCC(CCC)c1nnccc1C. The molecule has 1 rings (SSSR count). The number of aryl methyl sites for hydroxylation is 1. The summed E-state index contributed by atoms with van der Waals surface area (Å²) in [7, 11) is 0. The molecule has 1 aromatic rings. The average Bonchev–Trinajstić information content (AvgIpc) is 2.46. The quantitative estimate of drug-likeness (QED) is 0.477. The largest absolute Gasteiger partial charge is 0.159 e. The summed E-state index contributed by atoms with van der Waals surface area (Å²) in [6.07, 6.45) is 15.2. The Kier molecular flexibility index (Phi) is 9.27. The normalized spacial score (nSPS) is 12.6. The molecule has 20 heavy (non-hydrogen) atoms. The van der Waals surface area contributed by atoms with Gasteiger partial charge in [-0.15, -0.1) is 0 Å². The van der Waals surface area contributed by atoms with Gasteiger partial charge in [-0.1, -0.05) is 65.2 Å². The van der Waals surface area contributed by atoms with E-state index in [0.29, 0.717) is 5.92 Å². The standard InChI is InChI=1S/C18H32N2/c1-4-6-7-8-9-10-11-13-17(12-5-2)18-16(3)14-15-19-20-18/h14-15,17H,4-13H2,1-3H3. The van der Waals surface area contributed by atoms with Crippen molar-refractivity contribution >= 4 is 0 Å². The number of rotatable bonds is 11. The lowest BCUT2D eigenvalue weighted by molar-refractivity contribution is 0.497. The second kappa shape index (κ2) is 10.8. The van der Waals surface area contributed by atoms with Crippen molar-refractivity contribution < 1.29 is 0 Å². The molecule has 0 aliphatic rings. The Morgan fingerprint density at radius 1 is 0.900 bits per heavy atom. The molecule has 0 aliphatic heterocycles. The van der Waals surface area contributed by atoms with Crippen LogP contribution in [-0.4, -0.2) is 10.2 Å². The van der Waals surface area contributed by atoms with Crippen LogP contribution in [0.2, 0.25) is 0 Å². The summed E-state index contributed by atoms with van der Waals surface area (Å²) < 4.78 is 0. The minimum Gasteiger partial charge on any atom is -0.159 e. The van der Waals surface area contributed by atoms with E-state index in [2.05, 4.69) is 37.0 Å². The van der Waals surface area contributed by atoms with Crippen molar-refractivity contribution in [2.75, 3.05) is 0 Å². The molecule has 2 heteroatoms. The molecule has 0 spiro atoms. The maximum atomic E-state index is 4.39. The van der Waals surface area contributed by atoms with Crippen LogP contribution in [0.15, 0.2) is 12.3 Å². The van der Waals surface area contributed by atoms with Crippen LogP contribution in [0, 0.1) is 6.92 Å². The van der Waals surface area contributed by atoms with Crippen molar-refractivity contribution in [1.82, 2.24) is 10.2 Å². The van der Waals surface area contributed by atoms with Crippen LogP contribution in [-0.2, 0) is 0 Å². The van der Waals surface area contributed by atoms with E-state index in [9.17, 15) is 0 Å². The van der Waals surface area contributed by atoms with E-state index in [1.165, 1.54) is 75.5 Å². The molecule has 0 saturated heterocycles. The van der Waals surface area contributed by atoms with Crippen LogP contribution in [0.4, 0.5) is 0 Å². The molecule has 0 N–H and O–H groups in total. The third-order valence-corrected chi connectivity index (χ3v) is 4.14. The Balaban J connectivity index is 2.31. The zero-order valence-electron chi connectivity index (χ0n) is 13.7. The molecule has 1 aromatic heterocycles. The second-order valence-electron chi connectivity index (χ2n) is 6.00. The lowest BCUT2D eigenvalue weighted by Gasteiger charge is -2.16. The lowest BCUT2D eigenvalue weighted by atomic mass is 9.91. The summed E-state index contributed by atoms with van der Waals surface area (Å²) in [6, 6.07) is 2.09. The van der Waals surface area contributed by atoms with Gasteiger partial charge in [-0.3, -0.25) is 0 Å². The van der Waals surface area contributed by atoms with E-state index in [1.807, 2.05) is 0 Å². The first-order chi connectivity index (χ1) is 9.79. The van der Waals surface area contributed by atoms with Crippen molar-refractivity contribution in [3.63, 3.8) is 0 Å². The number of unbranched alkanes of at least 4 members (excludes halogenated alkanes) is 6. The summed E-state index contributed by atoms with van der Waals surface area (Å²) in [4.78, 5) is 0. The average molecular weight is 276 g/mol. The van der Waals surface area contributed by atoms with Crippen LogP contribution < -0.4 is 0 Å². The van der Waals surface area contributed by atoms with E-state index in [1.54, 1.807) is 6.20 Å². The van der Waals surface area contributed by atoms with Gasteiger partial charge >= 0.3 is 0 Å². The third kappa shape index (κ3) is 6.49. The highest BCUT2D eigenvalue weighted by atomic mass is 15.1.